The van der Waals surface area contributed by atoms with Crippen LogP contribution >= 0.6 is 34.2 Å². The fourth-order valence-corrected chi connectivity index (χ4v) is 2.99. The molecule has 0 saturated carbocycles. The van der Waals surface area contributed by atoms with Crippen LogP contribution in [-0.4, -0.2) is 7.05 Å². The molecule has 2 rings (SSSR count). The quantitative estimate of drug-likeness (QED) is 0.614. The molecule has 0 radical (unpaired) electrons. The van der Waals surface area contributed by atoms with Crippen LogP contribution in [0.25, 0.3) is 0 Å². The highest BCUT2D eigenvalue weighted by Crippen LogP contribution is 2.28. The Bertz CT molecular complexity index is 595. The standard InChI is InChI=1S/C18H21ClIN/c1-4-12(2)13-5-7-14(8-6-13)18(21-3)15-9-10-17(20)16(19)11-15/h5-12,18,21H,4H2,1-3H3. The predicted molar refractivity (Wildman–Crippen MR) is 100 cm³/mol. The van der Waals surface area contributed by atoms with E-state index in [1.54, 1.807) is 0 Å². The zero-order valence-electron chi connectivity index (χ0n) is 12.7. The molecular formula is C18H21ClIN. The molecule has 0 aliphatic carbocycles. The third-order valence-electron chi connectivity index (χ3n) is 4.02. The number of nitrogens with one attached hydrogen (secondary N) is 1. The molecular weight excluding hydrogens is 393 g/mol. The van der Waals surface area contributed by atoms with Crippen LogP contribution in [0.3, 0.4) is 0 Å². The first-order valence-corrected chi connectivity index (χ1v) is 8.74. The minimum Gasteiger partial charge on any atom is -0.309 e. The number of halogens is 2. The number of rotatable bonds is 5. The largest absolute Gasteiger partial charge is 0.309 e. The van der Waals surface area contributed by atoms with Gasteiger partial charge in [0, 0.05) is 3.57 Å². The highest BCUT2D eigenvalue weighted by Gasteiger charge is 2.13. The Kier molecular flexibility index (Phi) is 6.08. The lowest BCUT2D eigenvalue weighted by Crippen LogP contribution is -2.17. The van der Waals surface area contributed by atoms with Crippen molar-refractivity contribution < 1.29 is 0 Å². The Morgan fingerprint density at radius 2 is 1.62 bits per heavy atom. The van der Waals surface area contributed by atoms with E-state index in [2.05, 4.69) is 78.2 Å². The molecule has 112 valence electrons. The van der Waals surface area contributed by atoms with Crippen LogP contribution in [-0.2, 0) is 0 Å². The van der Waals surface area contributed by atoms with Crippen LogP contribution in [0.1, 0.15) is 48.9 Å². The molecule has 0 amide bonds. The van der Waals surface area contributed by atoms with Gasteiger partial charge in [0.15, 0.2) is 0 Å². The highest BCUT2D eigenvalue weighted by molar-refractivity contribution is 14.1. The second-order valence-corrected chi connectivity index (χ2v) is 6.94. The summed E-state index contributed by atoms with van der Waals surface area (Å²) in [4.78, 5) is 0. The van der Waals surface area contributed by atoms with Gasteiger partial charge < -0.3 is 5.32 Å². The average molecular weight is 414 g/mol. The fraction of sp³-hybridized carbons (Fsp3) is 0.333. The van der Waals surface area contributed by atoms with Gasteiger partial charge in [0.05, 0.1) is 11.1 Å². The van der Waals surface area contributed by atoms with Gasteiger partial charge in [-0.15, -0.1) is 0 Å². The van der Waals surface area contributed by atoms with Crippen molar-refractivity contribution in [3.63, 3.8) is 0 Å². The minimum atomic E-state index is 0.172. The topological polar surface area (TPSA) is 12.0 Å². The first-order chi connectivity index (χ1) is 10.1. The van der Waals surface area contributed by atoms with Gasteiger partial charge in [-0.25, -0.2) is 0 Å². The van der Waals surface area contributed by atoms with Gasteiger partial charge in [-0.05, 0) is 70.8 Å². The van der Waals surface area contributed by atoms with Crippen molar-refractivity contribution in [1.29, 1.82) is 0 Å². The lowest BCUT2D eigenvalue weighted by atomic mass is 9.94. The van der Waals surface area contributed by atoms with E-state index in [9.17, 15) is 0 Å². The molecule has 0 saturated heterocycles. The molecule has 2 aromatic rings. The molecule has 0 bridgehead atoms. The van der Waals surface area contributed by atoms with E-state index in [4.69, 9.17) is 11.6 Å². The lowest BCUT2D eigenvalue weighted by molar-refractivity contribution is 0.688. The average Bonchev–Trinajstić information content (AvgIpc) is 2.51. The zero-order chi connectivity index (χ0) is 15.4. The van der Waals surface area contributed by atoms with E-state index in [1.807, 2.05) is 13.1 Å². The first-order valence-electron chi connectivity index (χ1n) is 7.28. The summed E-state index contributed by atoms with van der Waals surface area (Å²) in [7, 11) is 1.99. The van der Waals surface area contributed by atoms with Gasteiger partial charge in [0.25, 0.3) is 0 Å². The molecule has 2 atom stereocenters. The highest BCUT2D eigenvalue weighted by atomic mass is 127. The minimum absolute atomic E-state index is 0.172. The van der Waals surface area contributed by atoms with E-state index in [0.29, 0.717) is 5.92 Å². The van der Waals surface area contributed by atoms with Crippen molar-refractivity contribution in [1.82, 2.24) is 5.32 Å². The van der Waals surface area contributed by atoms with Gasteiger partial charge >= 0.3 is 0 Å². The maximum absolute atomic E-state index is 6.25. The van der Waals surface area contributed by atoms with Crippen LogP contribution < -0.4 is 5.32 Å². The summed E-state index contributed by atoms with van der Waals surface area (Å²) in [6, 6.07) is 15.3. The molecule has 0 aliphatic rings. The second kappa shape index (κ2) is 7.61. The summed E-state index contributed by atoms with van der Waals surface area (Å²) >= 11 is 8.51. The molecule has 0 aliphatic heterocycles. The van der Waals surface area contributed by atoms with E-state index in [1.165, 1.54) is 23.1 Å². The van der Waals surface area contributed by atoms with Crippen molar-refractivity contribution in [3.05, 3.63) is 67.7 Å². The summed E-state index contributed by atoms with van der Waals surface area (Å²) in [5, 5.41) is 4.19. The maximum atomic E-state index is 6.25. The van der Waals surface area contributed by atoms with Crippen LogP contribution in [0.2, 0.25) is 5.02 Å². The Morgan fingerprint density at radius 1 is 1.05 bits per heavy atom. The van der Waals surface area contributed by atoms with Crippen LogP contribution in [0.5, 0.6) is 0 Å². The summed E-state index contributed by atoms with van der Waals surface area (Å²) < 4.78 is 1.08. The monoisotopic (exact) mass is 413 g/mol. The van der Waals surface area contributed by atoms with Crippen molar-refractivity contribution in [3.8, 4) is 0 Å². The maximum Gasteiger partial charge on any atom is 0.0574 e. The van der Waals surface area contributed by atoms with Crippen LogP contribution in [0, 0.1) is 3.57 Å². The molecule has 21 heavy (non-hydrogen) atoms. The Hall–Kier alpha value is -0.580. The van der Waals surface area contributed by atoms with E-state index < -0.39 is 0 Å². The van der Waals surface area contributed by atoms with E-state index >= 15 is 0 Å². The Labute approximate surface area is 146 Å². The van der Waals surface area contributed by atoms with E-state index in [-0.39, 0.29) is 6.04 Å². The summed E-state index contributed by atoms with van der Waals surface area (Å²) in [6.07, 6.45) is 1.17. The fourth-order valence-electron chi connectivity index (χ4n) is 2.47. The summed E-state index contributed by atoms with van der Waals surface area (Å²) in [5.41, 5.74) is 3.86. The van der Waals surface area contributed by atoms with Gasteiger partial charge in [0.2, 0.25) is 0 Å². The normalized spacial score (nSPS) is 14.0. The number of benzene rings is 2. The Balaban J connectivity index is 2.30. The SMILES string of the molecule is CCC(C)c1ccc(C(NC)c2ccc(I)c(Cl)c2)cc1. The third kappa shape index (κ3) is 3.99. The summed E-state index contributed by atoms with van der Waals surface area (Å²) in [6.45, 7) is 4.49. The smallest absolute Gasteiger partial charge is 0.0574 e. The first kappa shape index (κ1) is 16.8. The van der Waals surface area contributed by atoms with Crippen molar-refractivity contribution in [2.45, 2.75) is 32.2 Å². The molecule has 0 spiro atoms. The van der Waals surface area contributed by atoms with Crippen LogP contribution in [0.15, 0.2) is 42.5 Å². The number of hydrogen-bond donors (Lipinski definition) is 1. The molecule has 0 fully saturated rings. The zero-order valence-corrected chi connectivity index (χ0v) is 15.6. The number of hydrogen-bond acceptors (Lipinski definition) is 1. The van der Waals surface area contributed by atoms with E-state index in [0.717, 1.165) is 8.59 Å². The van der Waals surface area contributed by atoms with Gasteiger partial charge in [-0.3, -0.25) is 0 Å². The van der Waals surface area contributed by atoms with Gasteiger partial charge in [-0.1, -0.05) is 55.8 Å². The van der Waals surface area contributed by atoms with Crippen molar-refractivity contribution in [2.75, 3.05) is 7.05 Å². The molecule has 2 unspecified atom stereocenters. The molecule has 2 aromatic carbocycles. The van der Waals surface area contributed by atoms with Gasteiger partial charge in [-0.2, -0.15) is 0 Å². The van der Waals surface area contributed by atoms with Gasteiger partial charge in [0.1, 0.15) is 0 Å². The Morgan fingerprint density at radius 3 is 2.14 bits per heavy atom. The summed E-state index contributed by atoms with van der Waals surface area (Å²) in [5.74, 6) is 0.611. The molecule has 3 heteroatoms. The molecule has 1 nitrogen and oxygen atoms in total. The molecule has 0 heterocycles. The molecule has 1 N–H and O–H groups in total. The third-order valence-corrected chi connectivity index (χ3v) is 5.59. The lowest BCUT2D eigenvalue weighted by Gasteiger charge is -2.19. The van der Waals surface area contributed by atoms with Crippen molar-refractivity contribution >= 4 is 34.2 Å². The molecule has 0 aromatic heterocycles. The van der Waals surface area contributed by atoms with Crippen LogP contribution in [0.4, 0.5) is 0 Å². The van der Waals surface area contributed by atoms with Crippen molar-refractivity contribution in [2.24, 2.45) is 0 Å². The second-order valence-electron chi connectivity index (χ2n) is 5.37. The predicted octanol–water partition coefficient (Wildman–Crippen LogP) is 5.77.